The number of hydrogen-bond acceptors (Lipinski definition) is 5. The van der Waals surface area contributed by atoms with E-state index < -0.39 is 10.0 Å². The summed E-state index contributed by atoms with van der Waals surface area (Å²) >= 11 is 0. The van der Waals surface area contributed by atoms with Crippen LogP contribution in [0.2, 0.25) is 0 Å². The second-order valence-electron chi connectivity index (χ2n) is 5.20. The first kappa shape index (κ1) is 14.5. The molecule has 1 saturated heterocycles. The molecule has 0 aliphatic carbocycles. The number of furan rings is 1. The zero-order valence-corrected chi connectivity index (χ0v) is 12.1. The largest absolute Gasteiger partial charge is 0.447 e. The van der Waals surface area contributed by atoms with Crippen LogP contribution in [0.1, 0.15) is 25.5 Å². The van der Waals surface area contributed by atoms with Crippen molar-refractivity contribution in [2.75, 3.05) is 13.6 Å². The third-order valence-corrected chi connectivity index (χ3v) is 4.47. The predicted molar refractivity (Wildman–Crippen MR) is 72.0 cm³/mol. The van der Waals surface area contributed by atoms with Crippen molar-refractivity contribution in [3.63, 3.8) is 0 Å². The van der Waals surface area contributed by atoms with E-state index in [-0.39, 0.29) is 5.09 Å². The van der Waals surface area contributed by atoms with Gasteiger partial charge in [0.1, 0.15) is 5.76 Å². The van der Waals surface area contributed by atoms with Crippen molar-refractivity contribution >= 4 is 10.0 Å². The van der Waals surface area contributed by atoms with Crippen molar-refractivity contribution in [1.29, 1.82) is 0 Å². The highest BCUT2D eigenvalue weighted by molar-refractivity contribution is 7.89. The van der Waals surface area contributed by atoms with Crippen molar-refractivity contribution in [1.82, 2.24) is 10.2 Å². The van der Waals surface area contributed by atoms with Gasteiger partial charge in [0.15, 0.2) is 0 Å². The maximum atomic E-state index is 11.1. The third-order valence-electron chi connectivity index (χ3n) is 3.69. The molecule has 1 aromatic heterocycles. The molecule has 1 fully saturated rings. The van der Waals surface area contributed by atoms with E-state index in [1.807, 2.05) is 0 Å². The van der Waals surface area contributed by atoms with Gasteiger partial charge in [-0.3, -0.25) is 0 Å². The number of likely N-dealkylation sites (tertiary alicyclic amines) is 1. The minimum atomic E-state index is -3.74. The Bertz CT molecular complexity index is 526. The summed E-state index contributed by atoms with van der Waals surface area (Å²) in [6, 6.07) is 4.03. The second kappa shape index (κ2) is 5.62. The molecule has 0 radical (unpaired) electrons. The zero-order valence-electron chi connectivity index (χ0n) is 11.3. The average molecular weight is 287 g/mol. The number of rotatable bonds is 4. The van der Waals surface area contributed by atoms with Gasteiger partial charge in [-0.15, -0.1) is 0 Å². The Labute approximate surface area is 114 Å². The fourth-order valence-electron chi connectivity index (χ4n) is 2.33. The van der Waals surface area contributed by atoms with Gasteiger partial charge in [0, 0.05) is 12.1 Å². The standard InChI is InChI=1S/C12H21N3O3S/c1-9-7-10(5-6-15(9)2)14-8-11-3-4-12(18-11)19(13,16)17/h3-4,9-10,14H,5-8H2,1-2H3,(H2,13,16,17). The Morgan fingerprint density at radius 1 is 1.53 bits per heavy atom. The number of hydrogen-bond donors (Lipinski definition) is 2. The Balaban J connectivity index is 1.88. The van der Waals surface area contributed by atoms with E-state index in [0.717, 1.165) is 19.4 Å². The van der Waals surface area contributed by atoms with Crippen molar-refractivity contribution in [2.24, 2.45) is 5.14 Å². The van der Waals surface area contributed by atoms with E-state index in [1.54, 1.807) is 6.07 Å². The summed E-state index contributed by atoms with van der Waals surface area (Å²) in [6.07, 6.45) is 2.17. The molecular weight excluding hydrogens is 266 g/mol. The minimum Gasteiger partial charge on any atom is -0.447 e. The number of nitrogens with one attached hydrogen (secondary N) is 1. The summed E-state index contributed by atoms with van der Waals surface area (Å²) < 4.78 is 27.4. The molecule has 0 bridgehead atoms. The van der Waals surface area contributed by atoms with E-state index in [0.29, 0.717) is 24.4 Å². The summed E-state index contributed by atoms with van der Waals surface area (Å²) in [7, 11) is -1.61. The number of piperidine rings is 1. The lowest BCUT2D eigenvalue weighted by Gasteiger charge is -2.35. The normalized spacial score (nSPS) is 25.6. The maximum absolute atomic E-state index is 11.1. The fraction of sp³-hybridized carbons (Fsp3) is 0.667. The van der Waals surface area contributed by atoms with Crippen molar-refractivity contribution in [3.05, 3.63) is 17.9 Å². The highest BCUT2D eigenvalue weighted by Gasteiger charge is 2.22. The van der Waals surface area contributed by atoms with E-state index in [9.17, 15) is 8.42 Å². The molecule has 2 unspecified atom stereocenters. The number of nitrogens with two attached hydrogens (primary N) is 1. The molecule has 1 aliphatic rings. The van der Waals surface area contributed by atoms with Gasteiger partial charge in [0.05, 0.1) is 6.54 Å². The quantitative estimate of drug-likeness (QED) is 0.842. The monoisotopic (exact) mass is 287 g/mol. The molecule has 0 amide bonds. The molecule has 0 spiro atoms. The molecule has 0 saturated carbocycles. The molecule has 2 rings (SSSR count). The Kier molecular flexibility index (Phi) is 4.29. The summed E-state index contributed by atoms with van der Waals surface area (Å²) in [6.45, 7) is 3.80. The van der Waals surface area contributed by atoms with Crippen molar-refractivity contribution in [2.45, 2.75) is 43.5 Å². The summed E-state index contributed by atoms with van der Waals surface area (Å²) in [5.41, 5.74) is 0. The lowest BCUT2D eigenvalue weighted by molar-refractivity contribution is 0.166. The van der Waals surface area contributed by atoms with Crippen LogP contribution >= 0.6 is 0 Å². The lowest BCUT2D eigenvalue weighted by Crippen LogP contribution is -2.45. The number of sulfonamides is 1. The minimum absolute atomic E-state index is 0.180. The molecule has 1 aromatic rings. The Hall–Kier alpha value is -0.890. The van der Waals surface area contributed by atoms with Crippen LogP contribution in [0.15, 0.2) is 21.6 Å². The molecule has 108 valence electrons. The van der Waals surface area contributed by atoms with Gasteiger partial charge in [-0.1, -0.05) is 0 Å². The van der Waals surface area contributed by atoms with Crippen molar-refractivity contribution in [3.8, 4) is 0 Å². The fourth-order valence-corrected chi connectivity index (χ4v) is 2.81. The topological polar surface area (TPSA) is 88.6 Å². The Morgan fingerprint density at radius 2 is 2.26 bits per heavy atom. The Morgan fingerprint density at radius 3 is 2.84 bits per heavy atom. The van der Waals surface area contributed by atoms with Gasteiger partial charge in [-0.25, -0.2) is 13.6 Å². The van der Waals surface area contributed by atoms with Gasteiger partial charge in [0.2, 0.25) is 5.09 Å². The lowest BCUT2D eigenvalue weighted by atomic mass is 9.99. The van der Waals surface area contributed by atoms with Crippen LogP contribution in [0.25, 0.3) is 0 Å². The van der Waals surface area contributed by atoms with E-state index in [2.05, 4.69) is 24.2 Å². The molecule has 7 heteroatoms. The first-order valence-electron chi connectivity index (χ1n) is 6.41. The van der Waals surface area contributed by atoms with Crippen LogP contribution in [-0.2, 0) is 16.6 Å². The van der Waals surface area contributed by atoms with Gasteiger partial charge in [-0.05, 0) is 45.5 Å². The van der Waals surface area contributed by atoms with Gasteiger partial charge < -0.3 is 14.6 Å². The highest BCUT2D eigenvalue weighted by Crippen LogP contribution is 2.17. The molecule has 19 heavy (non-hydrogen) atoms. The smallest absolute Gasteiger partial charge is 0.271 e. The van der Waals surface area contributed by atoms with Gasteiger partial charge in [0.25, 0.3) is 10.0 Å². The molecule has 2 heterocycles. The van der Waals surface area contributed by atoms with Crippen LogP contribution in [0.3, 0.4) is 0 Å². The van der Waals surface area contributed by atoms with Crippen LogP contribution < -0.4 is 10.5 Å². The number of primary sulfonamides is 1. The van der Waals surface area contributed by atoms with E-state index in [1.165, 1.54) is 6.07 Å². The second-order valence-corrected chi connectivity index (χ2v) is 6.69. The molecule has 1 aliphatic heterocycles. The SMILES string of the molecule is CC1CC(NCc2ccc(S(N)(=O)=O)o2)CCN1C. The van der Waals surface area contributed by atoms with E-state index in [4.69, 9.17) is 9.56 Å². The average Bonchev–Trinajstić information content (AvgIpc) is 2.79. The number of nitrogens with zero attached hydrogens (tertiary/aromatic N) is 1. The van der Waals surface area contributed by atoms with Crippen LogP contribution in [0.5, 0.6) is 0 Å². The van der Waals surface area contributed by atoms with Crippen LogP contribution in [-0.4, -0.2) is 39.0 Å². The first-order valence-corrected chi connectivity index (χ1v) is 7.96. The molecular formula is C12H21N3O3S. The van der Waals surface area contributed by atoms with Gasteiger partial charge in [-0.2, -0.15) is 0 Å². The van der Waals surface area contributed by atoms with Crippen LogP contribution in [0.4, 0.5) is 0 Å². The van der Waals surface area contributed by atoms with Crippen molar-refractivity contribution < 1.29 is 12.8 Å². The van der Waals surface area contributed by atoms with E-state index >= 15 is 0 Å². The van der Waals surface area contributed by atoms with Gasteiger partial charge >= 0.3 is 0 Å². The zero-order chi connectivity index (χ0) is 14.0. The summed E-state index contributed by atoms with van der Waals surface area (Å²) in [4.78, 5) is 2.34. The molecule has 3 N–H and O–H groups in total. The molecule has 6 nitrogen and oxygen atoms in total. The highest BCUT2D eigenvalue weighted by atomic mass is 32.2. The first-order chi connectivity index (χ1) is 8.86. The summed E-state index contributed by atoms with van der Waals surface area (Å²) in [5.74, 6) is 0.593. The molecule has 0 aromatic carbocycles. The molecule has 2 atom stereocenters. The van der Waals surface area contributed by atoms with Crippen LogP contribution in [0, 0.1) is 0 Å². The third kappa shape index (κ3) is 3.79. The summed E-state index contributed by atoms with van der Waals surface area (Å²) in [5, 5.41) is 8.21. The predicted octanol–water partition coefficient (Wildman–Crippen LogP) is 0.499. The maximum Gasteiger partial charge on any atom is 0.271 e.